The van der Waals surface area contributed by atoms with E-state index in [-0.39, 0.29) is 28.0 Å². The fourth-order valence-corrected chi connectivity index (χ4v) is 4.66. The Hall–Kier alpha value is -3.95. The van der Waals surface area contributed by atoms with Gasteiger partial charge in [-0.05, 0) is 71.8 Å². The predicted octanol–water partition coefficient (Wildman–Crippen LogP) is 5.59. The van der Waals surface area contributed by atoms with Crippen molar-refractivity contribution in [1.29, 1.82) is 0 Å². The number of hydrogen-bond acceptors (Lipinski definition) is 7. The van der Waals surface area contributed by atoms with E-state index in [2.05, 4.69) is 5.32 Å². The highest BCUT2D eigenvalue weighted by atomic mass is 35.5. The van der Waals surface area contributed by atoms with Gasteiger partial charge in [-0.1, -0.05) is 29.8 Å². The highest BCUT2D eigenvalue weighted by Gasteiger charge is 2.34. The Morgan fingerprint density at radius 2 is 1.76 bits per heavy atom. The average Bonchev–Trinajstić information content (AvgIpc) is 3.16. The van der Waals surface area contributed by atoms with Gasteiger partial charge in [-0.25, -0.2) is 0 Å². The Kier molecular flexibility index (Phi) is 8.05. The average molecular weight is 539 g/mol. The van der Waals surface area contributed by atoms with Crippen molar-refractivity contribution < 1.29 is 29.0 Å². The first-order valence-corrected chi connectivity index (χ1v) is 12.3. The Balaban J connectivity index is 1.48. The summed E-state index contributed by atoms with van der Waals surface area (Å²) in [5.74, 6) is -0.256. The number of hydrogen-bond donors (Lipinski definition) is 2. The number of carbonyl (C=O) groups excluding carboxylic acids is 3. The number of nitrogens with zero attached hydrogens (tertiary/aromatic N) is 1. The molecule has 190 valence electrons. The van der Waals surface area contributed by atoms with Crippen LogP contribution in [0.15, 0.2) is 65.6 Å². The van der Waals surface area contributed by atoms with Gasteiger partial charge in [-0.2, -0.15) is 0 Å². The van der Waals surface area contributed by atoms with E-state index in [4.69, 9.17) is 21.1 Å². The van der Waals surface area contributed by atoms with Gasteiger partial charge in [-0.3, -0.25) is 19.3 Å². The highest BCUT2D eigenvalue weighted by Crippen LogP contribution is 2.34. The Bertz CT molecular complexity index is 1390. The van der Waals surface area contributed by atoms with Gasteiger partial charge >= 0.3 is 0 Å². The van der Waals surface area contributed by atoms with Crippen molar-refractivity contribution in [1.82, 2.24) is 4.90 Å². The maximum atomic E-state index is 12.9. The third-order valence-corrected chi connectivity index (χ3v) is 6.77. The number of phenolic OH excluding ortho intramolecular Hbond substituents is 1. The van der Waals surface area contributed by atoms with Crippen LogP contribution in [0.1, 0.15) is 21.5 Å². The number of benzene rings is 3. The molecule has 0 unspecified atom stereocenters. The molecule has 1 fully saturated rings. The van der Waals surface area contributed by atoms with Crippen molar-refractivity contribution in [2.75, 3.05) is 26.1 Å². The van der Waals surface area contributed by atoms with Gasteiger partial charge < -0.3 is 19.9 Å². The van der Waals surface area contributed by atoms with Gasteiger partial charge in [0.1, 0.15) is 5.75 Å². The van der Waals surface area contributed by atoms with Crippen LogP contribution in [0.2, 0.25) is 5.02 Å². The number of ether oxygens (including phenoxy) is 2. The molecule has 3 aromatic carbocycles. The fourth-order valence-electron chi connectivity index (χ4n) is 3.67. The summed E-state index contributed by atoms with van der Waals surface area (Å²) in [7, 11) is 2.99. The van der Waals surface area contributed by atoms with Gasteiger partial charge in [0.05, 0.1) is 24.7 Å². The van der Waals surface area contributed by atoms with Crippen LogP contribution in [0, 0.1) is 0 Å². The largest absolute Gasteiger partial charge is 0.507 e. The van der Waals surface area contributed by atoms with Crippen LogP contribution < -0.4 is 14.8 Å². The van der Waals surface area contributed by atoms with Crippen molar-refractivity contribution in [2.45, 2.75) is 6.42 Å². The van der Waals surface area contributed by atoms with E-state index in [1.165, 1.54) is 37.3 Å². The minimum Gasteiger partial charge on any atom is -0.507 e. The Morgan fingerprint density at radius 1 is 1.03 bits per heavy atom. The van der Waals surface area contributed by atoms with Gasteiger partial charge in [0.15, 0.2) is 11.5 Å². The third kappa shape index (κ3) is 6.07. The van der Waals surface area contributed by atoms with Crippen molar-refractivity contribution in [2.24, 2.45) is 0 Å². The van der Waals surface area contributed by atoms with Crippen LogP contribution in [-0.2, 0) is 11.2 Å². The second-order valence-electron chi connectivity index (χ2n) is 8.01. The number of rotatable bonds is 8. The first kappa shape index (κ1) is 26.1. The molecule has 1 aliphatic rings. The summed E-state index contributed by atoms with van der Waals surface area (Å²) in [5.41, 5.74) is 1.88. The summed E-state index contributed by atoms with van der Waals surface area (Å²) in [4.78, 5) is 39.7. The molecule has 2 N–H and O–H groups in total. The van der Waals surface area contributed by atoms with Crippen molar-refractivity contribution in [3.05, 3.63) is 87.3 Å². The zero-order chi connectivity index (χ0) is 26.5. The summed E-state index contributed by atoms with van der Waals surface area (Å²) in [5, 5.41) is 13.2. The van der Waals surface area contributed by atoms with Crippen LogP contribution in [0.4, 0.5) is 10.5 Å². The van der Waals surface area contributed by atoms with Crippen LogP contribution in [-0.4, -0.2) is 47.8 Å². The number of carbonyl (C=O) groups is 3. The lowest BCUT2D eigenvalue weighted by molar-refractivity contribution is -0.122. The Labute approximate surface area is 222 Å². The molecule has 10 heteroatoms. The second kappa shape index (κ2) is 11.4. The monoisotopic (exact) mass is 538 g/mol. The molecule has 0 atom stereocenters. The number of halogens is 1. The van der Waals surface area contributed by atoms with Crippen molar-refractivity contribution in [3.63, 3.8) is 0 Å². The van der Waals surface area contributed by atoms with E-state index < -0.39 is 11.8 Å². The van der Waals surface area contributed by atoms with Crippen LogP contribution in [0.25, 0.3) is 6.08 Å². The normalized spacial score (nSPS) is 14.2. The molecule has 0 radical (unpaired) electrons. The summed E-state index contributed by atoms with van der Waals surface area (Å²) in [6.45, 7) is 0.234. The summed E-state index contributed by atoms with van der Waals surface area (Å²) in [6.07, 6.45) is 2.03. The van der Waals surface area contributed by atoms with E-state index in [1.807, 2.05) is 12.1 Å². The van der Waals surface area contributed by atoms with Crippen LogP contribution >= 0.6 is 23.4 Å². The van der Waals surface area contributed by atoms with Crippen molar-refractivity contribution >= 4 is 52.2 Å². The molecule has 4 rings (SSSR count). The first-order chi connectivity index (χ1) is 17.8. The maximum Gasteiger partial charge on any atom is 0.293 e. The zero-order valence-electron chi connectivity index (χ0n) is 20.0. The first-order valence-electron chi connectivity index (χ1n) is 11.1. The smallest absolute Gasteiger partial charge is 0.293 e. The SMILES string of the molecule is COc1ccc(NC(=O)c2cc(/C=C3/SC(=O)N(CCc4ccc(Cl)cc4)C3=O)ccc2O)cc1OC. The van der Waals surface area contributed by atoms with Gasteiger partial charge in [-0.15, -0.1) is 0 Å². The third-order valence-electron chi connectivity index (χ3n) is 5.62. The molecule has 37 heavy (non-hydrogen) atoms. The number of imide groups is 1. The van der Waals surface area contributed by atoms with E-state index in [9.17, 15) is 19.5 Å². The molecule has 1 heterocycles. The molecule has 1 aliphatic heterocycles. The maximum absolute atomic E-state index is 12.9. The van der Waals surface area contributed by atoms with Gasteiger partial charge in [0, 0.05) is 23.3 Å². The lowest BCUT2D eigenvalue weighted by Crippen LogP contribution is -2.30. The molecule has 0 aliphatic carbocycles. The lowest BCUT2D eigenvalue weighted by atomic mass is 10.1. The predicted molar refractivity (Wildman–Crippen MR) is 143 cm³/mol. The zero-order valence-corrected chi connectivity index (χ0v) is 21.6. The highest BCUT2D eigenvalue weighted by molar-refractivity contribution is 8.18. The molecule has 0 aromatic heterocycles. The number of phenols is 1. The fraction of sp³-hybridized carbons (Fsp3) is 0.148. The van der Waals surface area contributed by atoms with E-state index >= 15 is 0 Å². The molecular formula is C27H23ClN2O6S. The van der Waals surface area contributed by atoms with E-state index in [0.29, 0.717) is 34.2 Å². The number of anilines is 1. The molecule has 0 saturated carbocycles. The minimum atomic E-state index is -0.559. The number of aromatic hydroxyl groups is 1. The van der Waals surface area contributed by atoms with Crippen LogP contribution in [0.3, 0.4) is 0 Å². The molecule has 3 aromatic rings. The van der Waals surface area contributed by atoms with E-state index in [0.717, 1.165) is 17.3 Å². The summed E-state index contributed by atoms with van der Waals surface area (Å²) in [6, 6.07) is 16.5. The van der Waals surface area contributed by atoms with Gasteiger partial charge in [0.2, 0.25) is 0 Å². The molecule has 8 nitrogen and oxygen atoms in total. The molecular weight excluding hydrogens is 516 g/mol. The van der Waals surface area contributed by atoms with Gasteiger partial charge in [0.25, 0.3) is 17.1 Å². The number of thioether (sulfide) groups is 1. The summed E-state index contributed by atoms with van der Waals surface area (Å²) < 4.78 is 10.5. The van der Waals surface area contributed by atoms with Crippen LogP contribution in [0.5, 0.6) is 17.2 Å². The molecule has 1 saturated heterocycles. The van der Waals surface area contributed by atoms with Crippen molar-refractivity contribution in [3.8, 4) is 17.2 Å². The number of amides is 3. The topological polar surface area (TPSA) is 105 Å². The molecule has 0 spiro atoms. The minimum absolute atomic E-state index is 0.00509. The van der Waals surface area contributed by atoms with E-state index in [1.54, 1.807) is 36.4 Å². The lowest BCUT2D eigenvalue weighted by Gasteiger charge is -2.12. The quantitative estimate of drug-likeness (QED) is 0.360. The Morgan fingerprint density at radius 3 is 2.46 bits per heavy atom. The number of nitrogens with one attached hydrogen (secondary N) is 1. The molecule has 3 amide bonds. The molecule has 0 bridgehead atoms. The summed E-state index contributed by atoms with van der Waals surface area (Å²) >= 11 is 6.74. The second-order valence-corrected chi connectivity index (χ2v) is 9.44. The number of methoxy groups -OCH3 is 2. The standard InChI is InChI=1S/C27H23ClN2O6S/c1-35-22-10-8-19(15-23(22)36-2)29-25(32)20-13-17(5-9-21(20)31)14-24-26(33)30(27(34)37-24)12-11-16-3-6-18(28)7-4-16/h3-10,13-15,31H,11-12H2,1-2H3,(H,29,32)/b24-14+.